The number of nitrogens with two attached hydrogens (primary N) is 1. The summed E-state index contributed by atoms with van der Waals surface area (Å²) in [7, 11) is 0. The number of aromatic nitrogens is 4. The number of rotatable bonds is 10. The van der Waals surface area contributed by atoms with Crippen LogP contribution < -0.4 is 5.73 Å². The maximum atomic E-state index is 13.2. The van der Waals surface area contributed by atoms with Gasteiger partial charge in [0.15, 0.2) is 11.5 Å². The van der Waals surface area contributed by atoms with Crippen LogP contribution in [0.15, 0.2) is 36.7 Å². The van der Waals surface area contributed by atoms with Crippen molar-refractivity contribution in [2.75, 3.05) is 25.6 Å². The van der Waals surface area contributed by atoms with E-state index in [4.69, 9.17) is 36.3 Å². The predicted octanol–water partition coefficient (Wildman–Crippen LogP) is 3.11. The van der Waals surface area contributed by atoms with Crippen molar-refractivity contribution < 1.29 is 28.5 Å². The second kappa shape index (κ2) is 11.4. The first-order valence-corrected chi connectivity index (χ1v) is 12.5. The molecule has 0 radical (unpaired) electrons. The zero-order valence-electron chi connectivity index (χ0n) is 20.9. The van der Waals surface area contributed by atoms with Gasteiger partial charge >= 0.3 is 11.9 Å². The summed E-state index contributed by atoms with van der Waals surface area (Å²) in [4.78, 5) is 38.9. The van der Waals surface area contributed by atoms with Gasteiger partial charge in [0.1, 0.15) is 11.7 Å². The molecular formula is C25H30ClN5O6. The van der Waals surface area contributed by atoms with Crippen LogP contribution in [0.5, 0.6) is 0 Å². The maximum Gasteiger partial charge on any atom is 0.350 e. The smallest absolute Gasteiger partial charge is 0.350 e. The summed E-state index contributed by atoms with van der Waals surface area (Å²) >= 11 is 6.00. The fourth-order valence-corrected chi connectivity index (χ4v) is 4.54. The van der Waals surface area contributed by atoms with Crippen LogP contribution in [0.1, 0.15) is 39.0 Å². The van der Waals surface area contributed by atoms with E-state index in [1.54, 1.807) is 24.7 Å². The van der Waals surface area contributed by atoms with Crippen LogP contribution >= 0.6 is 11.6 Å². The number of fused-ring (bicyclic) bond motifs is 1. The Bertz CT molecular complexity index is 1240. The number of halogens is 1. The third kappa shape index (κ3) is 5.53. The molecule has 1 aliphatic heterocycles. The van der Waals surface area contributed by atoms with Crippen LogP contribution in [-0.2, 0) is 35.0 Å². The second-order valence-corrected chi connectivity index (χ2v) is 9.12. The van der Waals surface area contributed by atoms with Crippen molar-refractivity contribution in [1.29, 1.82) is 0 Å². The molecule has 11 nitrogen and oxygen atoms in total. The summed E-state index contributed by atoms with van der Waals surface area (Å²) in [6, 6.07) is 9.11. The molecule has 0 aliphatic carbocycles. The summed E-state index contributed by atoms with van der Waals surface area (Å²) in [5.41, 5.74) is 5.55. The van der Waals surface area contributed by atoms with Gasteiger partial charge in [-0.3, -0.25) is 4.57 Å². The van der Waals surface area contributed by atoms with Crippen LogP contribution in [0.4, 0.5) is 5.82 Å². The fraction of sp³-hybridized carbons (Fsp3) is 0.480. The van der Waals surface area contributed by atoms with Gasteiger partial charge in [0.05, 0.1) is 32.3 Å². The highest BCUT2D eigenvalue weighted by Crippen LogP contribution is 2.36. The van der Waals surface area contributed by atoms with E-state index in [0.717, 1.165) is 5.56 Å². The number of benzene rings is 1. The lowest BCUT2D eigenvalue weighted by atomic mass is 9.93. The molecule has 0 unspecified atom stereocenters. The molecule has 1 aliphatic rings. The topological polar surface area (TPSA) is 141 Å². The van der Waals surface area contributed by atoms with Crippen LogP contribution in [-0.4, -0.2) is 63.0 Å². The molecule has 3 heterocycles. The molecule has 3 atom stereocenters. The number of nitrogens with zero attached hydrogens (tertiary/aromatic N) is 4. The molecule has 37 heavy (non-hydrogen) atoms. The molecule has 2 N–H and O–H groups in total. The summed E-state index contributed by atoms with van der Waals surface area (Å²) in [5, 5.41) is 0.00671. The lowest BCUT2D eigenvalue weighted by Gasteiger charge is -2.31. The van der Waals surface area contributed by atoms with Gasteiger partial charge < -0.3 is 24.7 Å². The van der Waals surface area contributed by atoms with Gasteiger partial charge in [0.25, 0.3) is 5.60 Å². The highest BCUT2D eigenvalue weighted by molar-refractivity contribution is 6.28. The second-order valence-electron chi connectivity index (χ2n) is 8.79. The Morgan fingerprint density at radius 2 is 1.84 bits per heavy atom. The van der Waals surface area contributed by atoms with Gasteiger partial charge in [-0.05, 0) is 43.4 Å². The van der Waals surface area contributed by atoms with Crippen LogP contribution in [0.3, 0.4) is 0 Å². The summed E-state index contributed by atoms with van der Waals surface area (Å²) in [6.45, 7) is 5.45. The molecule has 0 amide bonds. The Labute approximate surface area is 219 Å². The third-order valence-electron chi connectivity index (χ3n) is 6.27. The summed E-state index contributed by atoms with van der Waals surface area (Å²) < 4.78 is 24.7. The average Bonchev–Trinajstić information content (AvgIpc) is 3.46. The van der Waals surface area contributed by atoms with Crippen molar-refractivity contribution >= 4 is 40.5 Å². The lowest BCUT2D eigenvalue weighted by molar-refractivity contribution is -0.196. The zero-order valence-corrected chi connectivity index (χ0v) is 21.7. The molecule has 3 aromatic rings. The number of anilines is 1. The Hall–Kier alpha value is -3.28. The average molecular weight is 532 g/mol. The third-order valence-corrected chi connectivity index (χ3v) is 6.44. The van der Waals surface area contributed by atoms with Crippen LogP contribution in [0, 0.1) is 5.92 Å². The van der Waals surface area contributed by atoms with Gasteiger partial charge in [0, 0.05) is 6.42 Å². The van der Waals surface area contributed by atoms with E-state index in [2.05, 4.69) is 15.0 Å². The number of carbonyl (C=O) groups is 2. The minimum Gasteiger partial charge on any atom is -0.463 e. The zero-order chi connectivity index (χ0) is 26.6. The molecule has 0 bridgehead atoms. The molecule has 0 spiro atoms. The molecule has 1 saturated heterocycles. The predicted molar refractivity (Wildman–Crippen MR) is 135 cm³/mol. The Morgan fingerprint density at radius 3 is 2.49 bits per heavy atom. The van der Waals surface area contributed by atoms with E-state index in [0.29, 0.717) is 17.6 Å². The van der Waals surface area contributed by atoms with E-state index >= 15 is 0 Å². The Kier molecular flexibility index (Phi) is 8.25. The van der Waals surface area contributed by atoms with Crippen LogP contribution in [0.2, 0.25) is 5.28 Å². The molecule has 2 aromatic heterocycles. The molecule has 4 rings (SSSR count). The molecule has 0 saturated carbocycles. The normalized spacial score (nSPS) is 19.7. The maximum absolute atomic E-state index is 13.2. The highest BCUT2D eigenvalue weighted by Gasteiger charge is 2.51. The molecule has 198 valence electrons. The van der Waals surface area contributed by atoms with Gasteiger partial charge in [-0.1, -0.05) is 37.3 Å². The quantitative estimate of drug-likeness (QED) is 0.235. The summed E-state index contributed by atoms with van der Waals surface area (Å²) in [5.74, 6) is -1.42. The number of carbonyl (C=O) groups excluding carboxylic acids is 2. The van der Waals surface area contributed by atoms with Crippen molar-refractivity contribution in [3.63, 3.8) is 0 Å². The van der Waals surface area contributed by atoms with E-state index in [9.17, 15) is 9.59 Å². The van der Waals surface area contributed by atoms with Crippen molar-refractivity contribution in [3.05, 3.63) is 47.5 Å². The van der Waals surface area contributed by atoms with Gasteiger partial charge in [-0.15, -0.1) is 0 Å². The number of ether oxygens (including phenoxy) is 4. The molecule has 1 aromatic carbocycles. The van der Waals surface area contributed by atoms with Crippen molar-refractivity contribution in [2.45, 2.75) is 51.5 Å². The SMILES string of the molecule is CCOC(=O)C(Cc1ccccc1)(OC[C@H]1O[C@@H](n2cnc3c(N)nc(Cl)nc32)C[C@@H]1C)C(=O)OCC. The van der Waals surface area contributed by atoms with E-state index in [-0.39, 0.29) is 43.3 Å². The van der Waals surface area contributed by atoms with Gasteiger partial charge in [-0.25, -0.2) is 14.6 Å². The summed E-state index contributed by atoms with van der Waals surface area (Å²) in [6.07, 6.45) is 1.25. The first-order chi connectivity index (χ1) is 17.8. The first-order valence-electron chi connectivity index (χ1n) is 12.1. The molecule has 12 heteroatoms. The number of nitrogen functional groups attached to an aromatic ring is 1. The van der Waals surface area contributed by atoms with Gasteiger partial charge in [-0.2, -0.15) is 9.97 Å². The number of imidazole rings is 1. The lowest BCUT2D eigenvalue weighted by Crippen LogP contribution is -2.54. The molecule has 1 fully saturated rings. The Balaban J connectivity index is 1.58. The number of hydrogen-bond donors (Lipinski definition) is 1. The fourth-order valence-electron chi connectivity index (χ4n) is 4.37. The Morgan fingerprint density at radius 1 is 1.16 bits per heavy atom. The monoisotopic (exact) mass is 531 g/mol. The highest BCUT2D eigenvalue weighted by atomic mass is 35.5. The van der Waals surface area contributed by atoms with Gasteiger partial charge in [0.2, 0.25) is 5.28 Å². The first kappa shape index (κ1) is 26.8. The van der Waals surface area contributed by atoms with Crippen molar-refractivity contribution in [1.82, 2.24) is 19.5 Å². The largest absolute Gasteiger partial charge is 0.463 e. The van der Waals surface area contributed by atoms with Crippen molar-refractivity contribution in [2.24, 2.45) is 5.92 Å². The van der Waals surface area contributed by atoms with E-state index in [1.807, 2.05) is 37.3 Å². The minimum atomic E-state index is -1.98. The van der Waals surface area contributed by atoms with E-state index in [1.165, 1.54) is 0 Å². The number of esters is 2. The standard InChI is InChI=1S/C25H30ClN5O6/c1-4-34-22(32)25(23(33)35-5-2,12-16-9-7-6-8-10-16)36-13-17-15(3)11-18(37-17)31-14-28-19-20(27)29-24(26)30-21(19)31/h6-10,14-15,17-18H,4-5,11-13H2,1-3H3,(H2,27,29,30)/t15-,17+,18+/m0/s1. The number of hydrogen-bond acceptors (Lipinski definition) is 10. The minimum absolute atomic E-state index is 0.00671. The molecular weight excluding hydrogens is 502 g/mol. The van der Waals surface area contributed by atoms with E-state index < -0.39 is 29.9 Å². The van der Waals surface area contributed by atoms with Crippen LogP contribution in [0.25, 0.3) is 11.2 Å². The van der Waals surface area contributed by atoms with Crippen molar-refractivity contribution in [3.8, 4) is 0 Å².